The molecule has 0 radical (unpaired) electrons. The fourth-order valence-electron chi connectivity index (χ4n) is 4.01. The van der Waals surface area contributed by atoms with Crippen LogP contribution in [0.15, 0.2) is 42.5 Å². The maximum atomic E-state index is 12.7. The normalized spacial score (nSPS) is 19.7. The second-order valence-corrected chi connectivity index (χ2v) is 9.02. The molecular formula is C20H22N2O3S. The van der Waals surface area contributed by atoms with E-state index in [0.29, 0.717) is 13.0 Å². The van der Waals surface area contributed by atoms with Crippen LogP contribution in [0.3, 0.4) is 0 Å². The molecule has 1 aliphatic carbocycles. The Balaban J connectivity index is 1.55. The van der Waals surface area contributed by atoms with Gasteiger partial charge in [-0.25, -0.2) is 8.42 Å². The molecule has 0 bridgehead atoms. The largest absolute Gasteiger partial charge is 0.325 e. The Morgan fingerprint density at radius 3 is 2.65 bits per heavy atom. The molecule has 6 heteroatoms. The lowest BCUT2D eigenvalue weighted by Crippen LogP contribution is -2.49. The number of rotatable bonds is 3. The van der Waals surface area contributed by atoms with E-state index in [4.69, 9.17) is 0 Å². The van der Waals surface area contributed by atoms with E-state index < -0.39 is 16.1 Å². The van der Waals surface area contributed by atoms with Gasteiger partial charge in [-0.2, -0.15) is 4.31 Å². The molecule has 1 aliphatic heterocycles. The molecule has 0 aromatic heterocycles. The van der Waals surface area contributed by atoms with Crippen LogP contribution < -0.4 is 5.32 Å². The smallest absolute Gasteiger partial charge is 0.242 e. The van der Waals surface area contributed by atoms with Gasteiger partial charge >= 0.3 is 0 Å². The second kappa shape index (κ2) is 6.52. The Labute approximate surface area is 154 Å². The fourth-order valence-corrected chi connectivity index (χ4v) is 5.14. The predicted octanol–water partition coefficient (Wildman–Crippen LogP) is 3.01. The molecule has 1 N–H and O–H groups in total. The molecule has 5 nitrogen and oxygen atoms in total. The van der Waals surface area contributed by atoms with Gasteiger partial charge in [0.1, 0.15) is 6.04 Å². The van der Waals surface area contributed by atoms with E-state index in [1.165, 1.54) is 32.8 Å². The monoisotopic (exact) mass is 370 g/mol. The zero-order valence-corrected chi connectivity index (χ0v) is 15.6. The van der Waals surface area contributed by atoms with Gasteiger partial charge < -0.3 is 5.32 Å². The number of amides is 1. The Hall–Kier alpha value is -2.18. The average Bonchev–Trinajstić information content (AvgIpc) is 2.98. The van der Waals surface area contributed by atoms with Crippen molar-refractivity contribution in [2.45, 2.75) is 31.7 Å². The summed E-state index contributed by atoms with van der Waals surface area (Å²) in [6.07, 6.45) is 4.26. The summed E-state index contributed by atoms with van der Waals surface area (Å²) in [5.41, 5.74) is 5.65. The number of carbonyl (C=O) groups excluding carboxylic acids is 1. The van der Waals surface area contributed by atoms with Gasteiger partial charge in [0.2, 0.25) is 15.9 Å². The summed E-state index contributed by atoms with van der Waals surface area (Å²) in [6, 6.07) is 13.6. The maximum absolute atomic E-state index is 12.7. The van der Waals surface area contributed by atoms with Crippen molar-refractivity contribution in [1.29, 1.82) is 0 Å². The van der Waals surface area contributed by atoms with Gasteiger partial charge in [0, 0.05) is 12.2 Å². The van der Waals surface area contributed by atoms with Crippen molar-refractivity contribution in [3.8, 4) is 11.1 Å². The Bertz CT molecular complexity index is 969. The first-order valence-corrected chi connectivity index (χ1v) is 10.8. The van der Waals surface area contributed by atoms with Crippen molar-refractivity contribution in [3.05, 3.63) is 53.6 Å². The van der Waals surface area contributed by atoms with E-state index in [0.717, 1.165) is 24.9 Å². The lowest BCUT2D eigenvalue weighted by molar-refractivity contribution is -0.120. The number of fused-ring (bicyclic) bond motifs is 3. The first kappa shape index (κ1) is 17.2. The van der Waals surface area contributed by atoms with E-state index in [-0.39, 0.29) is 5.91 Å². The van der Waals surface area contributed by atoms with Crippen LogP contribution >= 0.6 is 0 Å². The highest BCUT2D eigenvalue weighted by molar-refractivity contribution is 7.88. The Morgan fingerprint density at radius 2 is 1.85 bits per heavy atom. The number of anilines is 1. The predicted molar refractivity (Wildman–Crippen MR) is 103 cm³/mol. The van der Waals surface area contributed by atoms with E-state index >= 15 is 0 Å². The third-order valence-electron chi connectivity index (χ3n) is 5.24. The quantitative estimate of drug-likeness (QED) is 0.771. The summed E-state index contributed by atoms with van der Waals surface area (Å²) >= 11 is 0. The van der Waals surface area contributed by atoms with Crippen molar-refractivity contribution in [2.24, 2.45) is 0 Å². The Kier molecular flexibility index (Phi) is 4.32. The van der Waals surface area contributed by atoms with Crippen LogP contribution in [0.25, 0.3) is 11.1 Å². The summed E-state index contributed by atoms with van der Waals surface area (Å²) in [7, 11) is -3.39. The maximum Gasteiger partial charge on any atom is 0.242 e. The molecule has 2 aromatic carbocycles. The molecule has 136 valence electrons. The van der Waals surface area contributed by atoms with Crippen LogP contribution in [0.4, 0.5) is 5.69 Å². The van der Waals surface area contributed by atoms with Crippen LogP contribution in [0.2, 0.25) is 0 Å². The lowest BCUT2D eigenvalue weighted by atomic mass is 10.0. The number of sulfonamides is 1. The summed E-state index contributed by atoms with van der Waals surface area (Å²) < 4.78 is 25.3. The third-order valence-corrected chi connectivity index (χ3v) is 6.53. The summed E-state index contributed by atoms with van der Waals surface area (Å²) in [5.74, 6) is -0.245. The molecule has 4 rings (SSSR count). The van der Waals surface area contributed by atoms with Crippen LogP contribution in [-0.4, -0.2) is 37.5 Å². The summed E-state index contributed by atoms with van der Waals surface area (Å²) in [5, 5.41) is 2.93. The van der Waals surface area contributed by atoms with Gasteiger partial charge in [-0.05, 0) is 53.6 Å². The van der Waals surface area contributed by atoms with Crippen molar-refractivity contribution in [3.63, 3.8) is 0 Å². The number of nitrogens with zero attached hydrogens (tertiary/aromatic N) is 1. The van der Waals surface area contributed by atoms with Crippen molar-refractivity contribution >= 4 is 21.6 Å². The first-order chi connectivity index (χ1) is 12.4. The first-order valence-electron chi connectivity index (χ1n) is 8.92. The molecule has 1 saturated heterocycles. The van der Waals surface area contributed by atoms with Gasteiger partial charge in [-0.15, -0.1) is 0 Å². The average molecular weight is 370 g/mol. The molecule has 2 aromatic rings. The van der Waals surface area contributed by atoms with Crippen LogP contribution in [0.1, 0.15) is 30.4 Å². The molecule has 1 heterocycles. The minimum Gasteiger partial charge on any atom is -0.325 e. The molecule has 1 fully saturated rings. The number of nitrogens with one attached hydrogen (secondary N) is 1. The van der Waals surface area contributed by atoms with Crippen molar-refractivity contribution in [1.82, 2.24) is 4.31 Å². The SMILES string of the molecule is CS(=O)(=O)N1CCCC[C@H]1C(=O)Nc1ccc2c(c1)Cc1ccccc1-2. The highest BCUT2D eigenvalue weighted by atomic mass is 32.2. The highest BCUT2D eigenvalue weighted by Gasteiger charge is 2.34. The molecule has 0 spiro atoms. The van der Waals surface area contributed by atoms with Gasteiger partial charge in [0.25, 0.3) is 0 Å². The molecule has 1 atom stereocenters. The van der Waals surface area contributed by atoms with E-state index in [1.54, 1.807) is 0 Å². The zero-order chi connectivity index (χ0) is 18.3. The summed E-state index contributed by atoms with van der Waals surface area (Å²) in [6.45, 7) is 0.413. The topological polar surface area (TPSA) is 66.5 Å². The standard InChI is InChI=1S/C20H22N2O3S/c1-26(24,25)22-11-5-4-8-19(22)20(23)21-16-9-10-18-15(13-16)12-14-6-2-3-7-17(14)18/h2-3,6-7,9-10,13,19H,4-5,8,11-12H2,1H3,(H,21,23)/t19-/m0/s1. The molecule has 1 amide bonds. The van der Waals surface area contributed by atoms with Crippen molar-refractivity contribution in [2.75, 3.05) is 18.1 Å². The molecule has 26 heavy (non-hydrogen) atoms. The molecule has 0 saturated carbocycles. The van der Waals surface area contributed by atoms with Gasteiger partial charge in [0.15, 0.2) is 0 Å². The van der Waals surface area contributed by atoms with Crippen LogP contribution in [0.5, 0.6) is 0 Å². The number of piperidine rings is 1. The molecule has 2 aliphatic rings. The number of carbonyl (C=O) groups is 1. The molecular weight excluding hydrogens is 348 g/mol. The minimum absolute atomic E-state index is 0.245. The number of benzene rings is 2. The lowest BCUT2D eigenvalue weighted by Gasteiger charge is -2.32. The number of hydrogen-bond donors (Lipinski definition) is 1. The Morgan fingerprint density at radius 1 is 1.08 bits per heavy atom. The van der Waals surface area contributed by atoms with Crippen molar-refractivity contribution < 1.29 is 13.2 Å². The highest BCUT2D eigenvalue weighted by Crippen LogP contribution is 2.37. The summed E-state index contributed by atoms with van der Waals surface area (Å²) in [4.78, 5) is 12.7. The van der Waals surface area contributed by atoms with Gasteiger partial charge in [0.05, 0.1) is 6.26 Å². The zero-order valence-electron chi connectivity index (χ0n) is 14.7. The van der Waals surface area contributed by atoms with Crippen LogP contribution in [-0.2, 0) is 21.2 Å². The fraction of sp³-hybridized carbons (Fsp3) is 0.350. The van der Waals surface area contributed by atoms with Gasteiger partial charge in [-0.1, -0.05) is 36.8 Å². The number of hydrogen-bond acceptors (Lipinski definition) is 3. The minimum atomic E-state index is -3.39. The van der Waals surface area contributed by atoms with Gasteiger partial charge in [-0.3, -0.25) is 4.79 Å². The second-order valence-electron chi connectivity index (χ2n) is 7.08. The molecule has 0 unspecified atom stereocenters. The van der Waals surface area contributed by atoms with E-state index in [9.17, 15) is 13.2 Å². The van der Waals surface area contributed by atoms with E-state index in [2.05, 4.69) is 17.4 Å². The third kappa shape index (κ3) is 3.15. The van der Waals surface area contributed by atoms with E-state index in [1.807, 2.05) is 30.3 Å². The van der Waals surface area contributed by atoms with Crippen LogP contribution in [0, 0.1) is 0 Å².